The highest BCUT2D eigenvalue weighted by Gasteiger charge is 2.15. The van der Waals surface area contributed by atoms with Crippen molar-refractivity contribution in [2.75, 3.05) is 0 Å². The van der Waals surface area contributed by atoms with Crippen LogP contribution < -0.4 is 11.5 Å². The summed E-state index contributed by atoms with van der Waals surface area (Å²) in [6.45, 7) is 0. The SMILES string of the molecule is N=C(N)CC1=CC=C(C[C@H](N)C(=O)O)CC1. The number of rotatable bonds is 5. The second-order valence-corrected chi connectivity index (χ2v) is 4.00. The van der Waals surface area contributed by atoms with Crippen molar-refractivity contribution in [3.8, 4) is 0 Å². The minimum Gasteiger partial charge on any atom is -0.480 e. The number of nitrogens with one attached hydrogen (secondary N) is 1. The van der Waals surface area contributed by atoms with Crippen LogP contribution in [-0.4, -0.2) is 23.0 Å². The average Bonchev–Trinajstić information content (AvgIpc) is 2.20. The van der Waals surface area contributed by atoms with E-state index in [1.807, 2.05) is 12.2 Å². The van der Waals surface area contributed by atoms with Gasteiger partial charge >= 0.3 is 5.97 Å². The topological polar surface area (TPSA) is 113 Å². The second-order valence-electron chi connectivity index (χ2n) is 4.00. The molecular formula is C11H17N3O2. The van der Waals surface area contributed by atoms with Crippen LogP contribution in [0.15, 0.2) is 23.3 Å². The quantitative estimate of drug-likeness (QED) is 0.407. The third-order valence-electron chi connectivity index (χ3n) is 2.54. The van der Waals surface area contributed by atoms with E-state index >= 15 is 0 Å². The van der Waals surface area contributed by atoms with E-state index in [9.17, 15) is 4.79 Å². The van der Waals surface area contributed by atoms with Crippen molar-refractivity contribution in [1.29, 1.82) is 5.41 Å². The molecule has 0 aromatic rings. The lowest BCUT2D eigenvalue weighted by molar-refractivity contribution is -0.138. The predicted molar refractivity (Wildman–Crippen MR) is 62.2 cm³/mol. The van der Waals surface area contributed by atoms with Gasteiger partial charge in [-0.1, -0.05) is 23.3 Å². The number of carbonyl (C=O) groups is 1. The van der Waals surface area contributed by atoms with Crippen molar-refractivity contribution in [2.45, 2.75) is 31.7 Å². The Morgan fingerprint density at radius 1 is 1.44 bits per heavy atom. The van der Waals surface area contributed by atoms with Crippen molar-refractivity contribution in [1.82, 2.24) is 0 Å². The molecule has 0 aliphatic heterocycles. The molecule has 1 rings (SSSR count). The van der Waals surface area contributed by atoms with Crippen molar-refractivity contribution in [3.05, 3.63) is 23.3 Å². The van der Waals surface area contributed by atoms with E-state index < -0.39 is 12.0 Å². The first-order valence-corrected chi connectivity index (χ1v) is 5.18. The summed E-state index contributed by atoms with van der Waals surface area (Å²) >= 11 is 0. The zero-order valence-corrected chi connectivity index (χ0v) is 9.07. The Bertz CT molecular complexity index is 358. The van der Waals surface area contributed by atoms with Crippen LogP contribution in [0.5, 0.6) is 0 Å². The van der Waals surface area contributed by atoms with Gasteiger partial charge in [-0.2, -0.15) is 0 Å². The Morgan fingerprint density at radius 2 is 2.00 bits per heavy atom. The van der Waals surface area contributed by atoms with Gasteiger partial charge in [-0.05, 0) is 19.3 Å². The van der Waals surface area contributed by atoms with Gasteiger partial charge in [0, 0.05) is 6.42 Å². The van der Waals surface area contributed by atoms with Crippen LogP contribution in [0.25, 0.3) is 0 Å². The van der Waals surface area contributed by atoms with Crippen LogP contribution in [0, 0.1) is 5.41 Å². The molecule has 0 spiro atoms. The van der Waals surface area contributed by atoms with Crippen molar-refractivity contribution < 1.29 is 9.90 Å². The Balaban J connectivity index is 2.54. The Hall–Kier alpha value is -1.62. The highest BCUT2D eigenvalue weighted by atomic mass is 16.4. The molecule has 0 saturated carbocycles. The summed E-state index contributed by atoms with van der Waals surface area (Å²) in [4.78, 5) is 10.6. The molecule has 16 heavy (non-hydrogen) atoms. The van der Waals surface area contributed by atoms with Gasteiger partial charge in [0.25, 0.3) is 0 Å². The van der Waals surface area contributed by atoms with Crippen molar-refractivity contribution in [3.63, 3.8) is 0 Å². The Morgan fingerprint density at radius 3 is 2.44 bits per heavy atom. The van der Waals surface area contributed by atoms with E-state index in [1.54, 1.807) is 0 Å². The molecule has 6 N–H and O–H groups in total. The third kappa shape index (κ3) is 3.86. The summed E-state index contributed by atoms with van der Waals surface area (Å²) in [5, 5.41) is 15.8. The standard InChI is InChI=1S/C11H17N3O2/c12-9(11(15)16)5-7-1-3-8(4-2-7)6-10(13)14/h1,3,9H,2,4-6,12H2,(H3,13,14)(H,15,16)/t9-/m0/s1. The average molecular weight is 223 g/mol. The molecule has 0 radical (unpaired) electrons. The summed E-state index contributed by atoms with van der Waals surface area (Å²) < 4.78 is 0. The fourth-order valence-corrected chi connectivity index (χ4v) is 1.66. The van der Waals surface area contributed by atoms with Crippen LogP contribution in [-0.2, 0) is 4.79 Å². The van der Waals surface area contributed by atoms with Crippen LogP contribution in [0.3, 0.4) is 0 Å². The third-order valence-corrected chi connectivity index (χ3v) is 2.54. The lowest BCUT2D eigenvalue weighted by Crippen LogP contribution is -2.30. The van der Waals surface area contributed by atoms with Crippen LogP contribution >= 0.6 is 0 Å². The number of aliphatic carboxylic acids is 1. The van der Waals surface area contributed by atoms with E-state index in [4.69, 9.17) is 22.0 Å². The molecule has 5 nitrogen and oxygen atoms in total. The zero-order valence-electron chi connectivity index (χ0n) is 9.07. The van der Waals surface area contributed by atoms with Gasteiger partial charge < -0.3 is 16.6 Å². The van der Waals surface area contributed by atoms with Gasteiger partial charge in [-0.15, -0.1) is 0 Å². The largest absolute Gasteiger partial charge is 0.480 e. The summed E-state index contributed by atoms with van der Waals surface area (Å²) in [7, 11) is 0. The van der Waals surface area contributed by atoms with Crippen molar-refractivity contribution in [2.24, 2.45) is 11.5 Å². The van der Waals surface area contributed by atoms with E-state index in [0.29, 0.717) is 12.8 Å². The lowest BCUT2D eigenvalue weighted by atomic mass is 9.92. The number of nitrogens with two attached hydrogens (primary N) is 2. The maximum absolute atomic E-state index is 10.6. The predicted octanol–water partition coefficient (Wildman–Crippen LogP) is 0.761. The first kappa shape index (κ1) is 12.4. The summed E-state index contributed by atoms with van der Waals surface area (Å²) in [5.74, 6) is -0.815. The molecule has 0 aromatic heterocycles. The fraction of sp³-hybridized carbons (Fsp3) is 0.455. The summed E-state index contributed by atoms with van der Waals surface area (Å²) in [6.07, 6.45) is 6.32. The molecule has 5 heteroatoms. The zero-order chi connectivity index (χ0) is 12.1. The normalized spacial score (nSPS) is 17.3. The highest BCUT2D eigenvalue weighted by Crippen LogP contribution is 2.23. The minimum absolute atomic E-state index is 0.158. The number of hydrogen-bond acceptors (Lipinski definition) is 3. The summed E-state index contributed by atoms with van der Waals surface area (Å²) in [5.41, 5.74) is 12.9. The molecule has 1 aliphatic carbocycles. The number of allylic oxidation sites excluding steroid dienone is 2. The summed E-state index contributed by atoms with van der Waals surface area (Å²) in [6, 6.07) is -0.825. The maximum atomic E-state index is 10.6. The van der Waals surface area contributed by atoms with Gasteiger partial charge in [0.1, 0.15) is 6.04 Å². The van der Waals surface area contributed by atoms with Gasteiger partial charge in [-0.25, -0.2) is 0 Å². The molecule has 88 valence electrons. The molecule has 0 heterocycles. The van der Waals surface area contributed by atoms with E-state index in [1.165, 1.54) is 0 Å². The number of carboxylic acids is 1. The first-order valence-electron chi connectivity index (χ1n) is 5.18. The number of amidine groups is 1. The van der Waals surface area contributed by atoms with Crippen molar-refractivity contribution >= 4 is 11.8 Å². The first-order chi connectivity index (χ1) is 7.49. The van der Waals surface area contributed by atoms with E-state index in [-0.39, 0.29) is 5.84 Å². The van der Waals surface area contributed by atoms with E-state index in [0.717, 1.165) is 24.0 Å². The molecule has 0 saturated heterocycles. The molecule has 1 atom stereocenters. The van der Waals surface area contributed by atoms with Gasteiger partial charge in [-0.3, -0.25) is 10.2 Å². The monoisotopic (exact) mass is 223 g/mol. The Labute approximate surface area is 94.3 Å². The molecule has 0 amide bonds. The smallest absolute Gasteiger partial charge is 0.320 e. The van der Waals surface area contributed by atoms with Crippen LogP contribution in [0.4, 0.5) is 0 Å². The molecule has 0 fully saturated rings. The van der Waals surface area contributed by atoms with Crippen LogP contribution in [0.1, 0.15) is 25.7 Å². The van der Waals surface area contributed by atoms with Gasteiger partial charge in [0.2, 0.25) is 0 Å². The molecule has 1 aliphatic rings. The van der Waals surface area contributed by atoms with Gasteiger partial charge in [0.15, 0.2) is 0 Å². The fourth-order valence-electron chi connectivity index (χ4n) is 1.66. The van der Waals surface area contributed by atoms with Gasteiger partial charge in [0.05, 0.1) is 5.84 Å². The minimum atomic E-state index is -0.973. The lowest BCUT2D eigenvalue weighted by Gasteiger charge is -2.15. The molecular weight excluding hydrogens is 206 g/mol. The highest BCUT2D eigenvalue weighted by molar-refractivity contribution is 5.79. The number of carboxylic acid groups (broad SMARTS) is 1. The molecule has 0 bridgehead atoms. The van der Waals surface area contributed by atoms with E-state index in [2.05, 4.69) is 0 Å². The number of hydrogen-bond donors (Lipinski definition) is 4. The maximum Gasteiger partial charge on any atom is 0.320 e. The Kier molecular flexibility index (Phi) is 4.25. The molecule has 0 aromatic carbocycles. The van der Waals surface area contributed by atoms with Crippen LogP contribution in [0.2, 0.25) is 0 Å². The molecule has 0 unspecified atom stereocenters. The second kappa shape index (κ2) is 5.46.